The van der Waals surface area contributed by atoms with E-state index in [0.29, 0.717) is 0 Å². The molecule has 1 aromatic rings. The summed E-state index contributed by atoms with van der Waals surface area (Å²) in [6.07, 6.45) is 0. The minimum absolute atomic E-state index is 0.0639. The van der Waals surface area contributed by atoms with Crippen molar-refractivity contribution in [2.45, 2.75) is 19.9 Å². The van der Waals surface area contributed by atoms with Crippen LogP contribution in [-0.4, -0.2) is 35.5 Å². The summed E-state index contributed by atoms with van der Waals surface area (Å²) in [6.45, 7) is 3.26. The van der Waals surface area contributed by atoms with Crippen LogP contribution in [0.3, 0.4) is 0 Å². The Morgan fingerprint density at radius 1 is 1.30 bits per heavy atom. The van der Waals surface area contributed by atoms with Crippen LogP contribution < -0.4 is 10.6 Å². The summed E-state index contributed by atoms with van der Waals surface area (Å²) in [6, 6.07) is 2.88. The molecule has 0 aliphatic heterocycles. The van der Waals surface area contributed by atoms with Gasteiger partial charge in [-0.1, -0.05) is 0 Å². The molecular formula is C13H15FN2O4. The Labute approximate surface area is 115 Å². The maximum atomic E-state index is 13.6. The molecule has 108 valence electrons. The molecule has 0 bridgehead atoms. The smallest absolute Gasteiger partial charge is 0.335 e. The third-order valence-corrected chi connectivity index (χ3v) is 2.32. The number of halogens is 1. The Hall–Kier alpha value is -2.44. The topological polar surface area (TPSA) is 95.5 Å². The van der Waals surface area contributed by atoms with Crippen molar-refractivity contribution in [3.05, 3.63) is 35.1 Å². The largest absolute Gasteiger partial charge is 0.478 e. The van der Waals surface area contributed by atoms with Gasteiger partial charge >= 0.3 is 5.97 Å². The molecule has 3 N–H and O–H groups in total. The minimum atomic E-state index is -1.29. The molecule has 1 aromatic carbocycles. The lowest BCUT2D eigenvalue weighted by molar-refractivity contribution is -0.120. The quantitative estimate of drug-likeness (QED) is 0.743. The van der Waals surface area contributed by atoms with E-state index in [1.807, 2.05) is 0 Å². The number of benzene rings is 1. The lowest BCUT2D eigenvalue weighted by atomic mass is 10.1. The van der Waals surface area contributed by atoms with Gasteiger partial charge in [0, 0.05) is 6.04 Å². The third-order valence-electron chi connectivity index (χ3n) is 2.32. The van der Waals surface area contributed by atoms with Crippen molar-refractivity contribution in [2.24, 2.45) is 0 Å². The molecule has 0 radical (unpaired) electrons. The van der Waals surface area contributed by atoms with Crippen LogP contribution >= 0.6 is 0 Å². The number of carbonyl (C=O) groups is 3. The lowest BCUT2D eigenvalue weighted by Gasteiger charge is -2.09. The number of nitrogens with one attached hydrogen (secondary N) is 2. The number of hydrogen-bond donors (Lipinski definition) is 3. The number of amides is 2. The van der Waals surface area contributed by atoms with Gasteiger partial charge in [0.05, 0.1) is 17.7 Å². The minimum Gasteiger partial charge on any atom is -0.478 e. The number of carboxylic acids is 1. The summed E-state index contributed by atoms with van der Waals surface area (Å²) in [5.74, 6) is -3.41. The molecule has 2 amide bonds. The van der Waals surface area contributed by atoms with Crippen molar-refractivity contribution in [2.75, 3.05) is 6.54 Å². The summed E-state index contributed by atoms with van der Waals surface area (Å²) < 4.78 is 13.6. The Bertz CT molecular complexity index is 543. The molecule has 0 aliphatic carbocycles. The summed E-state index contributed by atoms with van der Waals surface area (Å²) >= 11 is 0. The second-order valence-corrected chi connectivity index (χ2v) is 4.40. The van der Waals surface area contributed by atoms with Gasteiger partial charge in [-0.05, 0) is 32.0 Å². The summed E-state index contributed by atoms with van der Waals surface area (Å²) in [5, 5.41) is 13.5. The van der Waals surface area contributed by atoms with E-state index in [1.54, 1.807) is 13.8 Å². The van der Waals surface area contributed by atoms with Crippen LogP contribution in [0.1, 0.15) is 34.6 Å². The molecule has 0 aromatic heterocycles. The van der Waals surface area contributed by atoms with Crippen LogP contribution in [0.2, 0.25) is 0 Å². The maximum Gasteiger partial charge on any atom is 0.335 e. The molecule has 1 rings (SSSR count). The number of rotatable bonds is 5. The molecule has 0 spiro atoms. The zero-order chi connectivity index (χ0) is 15.3. The Morgan fingerprint density at radius 3 is 2.45 bits per heavy atom. The monoisotopic (exact) mass is 282 g/mol. The van der Waals surface area contributed by atoms with Gasteiger partial charge in [-0.3, -0.25) is 9.59 Å². The third kappa shape index (κ3) is 4.34. The Morgan fingerprint density at radius 2 is 1.95 bits per heavy atom. The van der Waals surface area contributed by atoms with Gasteiger partial charge in [0.15, 0.2) is 0 Å². The number of hydrogen-bond acceptors (Lipinski definition) is 3. The molecule has 6 nitrogen and oxygen atoms in total. The molecule has 0 saturated heterocycles. The average molecular weight is 282 g/mol. The van der Waals surface area contributed by atoms with E-state index in [-0.39, 0.29) is 23.7 Å². The van der Waals surface area contributed by atoms with E-state index < -0.39 is 23.6 Å². The Kier molecular flexibility index (Phi) is 5.19. The molecule has 0 heterocycles. The number of carboxylic acid groups (broad SMARTS) is 1. The first-order valence-corrected chi connectivity index (χ1v) is 5.91. The predicted molar refractivity (Wildman–Crippen MR) is 69.0 cm³/mol. The van der Waals surface area contributed by atoms with E-state index in [1.165, 1.54) is 0 Å². The van der Waals surface area contributed by atoms with E-state index >= 15 is 0 Å². The van der Waals surface area contributed by atoms with Crippen molar-refractivity contribution in [3.63, 3.8) is 0 Å². The molecule has 20 heavy (non-hydrogen) atoms. The molecule has 0 fully saturated rings. The summed E-state index contributed by atoms with van der Waals surface area (Å²) in [7, 11) is 0. The predicted octanol–water partition coefficient (Wildman–Crippen LogP) is 0.778. The van der Waals surface area contributed by atoms with E-state index in [2.05, 4.69) is 10.6 Å². The zero-order valence-electron chi connectivity index (χ0n) is 11.1. The van der Waals surface area contributed by atoms with Crippen LogP contribution in [0.25, 0.3) is 0 Å². The molecule has 0 aliphatic rings. The van der Waals surface area contributed by atoms with Crippen molar-refractivity contribution >= 4 is 17.8 Å². The van der Waals surface area contributed by atoms with E-state index in [9.17, 15) is 18.8 Å². The van der Waals surface area contributed by atoms with Crippen LogP contribution in [-0.2, 0) is 4.79 Å². The van der Waals surface area contributed by atoms with Gasteiger partial charge in [0.1, 0.15) is 5.82 Å². The fourth-order valence-corrected chi connectivity index (χ4v) is 1.46. The lowest BCUT2D eigenvalue weighted by Crippen LogP contribution is -2.40. The molecule has 0 unspecified atom stereocenters. The standard InChI is InChI=1S/C13H15FN2O4/c1-7(2)16-11(17)6-15-12(18)9-4-3-8(13(19)20)5-10(9)14/h3-5,7H,6H2,1-2H3,(H,15,18)(H,16,17)(H,19,20). The van der Waals surface area contributed by atoms with Crippen molar-refractivity contribution in [1.29, 1.82) is 0 Å². The van der Waals surface area contributed by atoms with Gasteiger partial charge in [0.2, 0.25) is 5.91 Å². The fourth-order valence-electron chi connectivity index (χ4n) is 1.46. The molecule has 0 atom stereocenters. The first kappa shape index (κ1) is 15.6. The van der Waals surface area contributed by atoms with Crippen molar-refractivity contribution in [1.82, 2.24) is 10.6 Å². The fraction of sp³-hybridized carbons (Fsp3) is 0.308. The maximum absolute atomic E-state index is 13.6. The second-order valence-electron chi connectivity index (χ2n) is 4.40. The van der Waals surface area contributed by atoms with Gasteiger partial charge in [-0.25, -0.2) is 9.18 Å². The second kappa shape index (κ2) is 6.65. The zero-order valence-corrected chi connectivity index (χ0v) is 11.1. The van der Waals surface area contributed by atoms with E-state index in [0.717, 1.165) is 18.2 Å². The van der Waals surface area contributed by atoms with Crippen molar-refractivity contribution in [3.8, 4) is 0 Å². The highest BCUT2D eigenvalue weighted by Gasteiger charge is 2.15. The molecule has 7 heteroatoms. The first-order valence-electron chi connectivity index (χ1n) is 5.91. The van der Waals surface area contributed by atoms with Gasteiger partial charge < -0.3 is 15.7 Å². The van der Waals surface area contributed by atoms with Crippen LogP contribution in [0.15, 0.2) is 18.2 Å². The van der Waals surface area contributed by atoms with Crippen LogP contribution in [0, 0.1) is 5.82 Å². The molecule has 0 saturated carbocycles. The summed E-state index contributed by atoms with van der Waals surface area (Å²) in [4.78, 5) is 33.6. The van der Waals surface area contributed by atoms with E-state index in [4.69, 9.17) is 5.11 Å². The highest BCUT2D eigenvalue weighted by Crippen LogP contribution is 2.10. The first-order chi connectivity index (χ1) is 9.31. The SMILES string of the molecule is CC(C)NC(=O)CNC(=O)c1ccc(C(=O)O)cc1F. The van der Waals surface area contributed by atoms with Crippen LogP contribution in [0.4, 0.5) is 4.39 Å². The Balaban J connectivity index is 2.69. The normalized spacial score (nSPS) is 10.2. The highest BCUT2D eigenvalue weighted by molar-refractivity contribution is 5.97. The number of aromatic carboxylic acids is 1. The highest BCUT2D eigenvalue weighted by atomic mass is 19.1. The number of carbonyl (C=O) groups excluding carboxylic acids is 2. The molecular weight excluding hydrogens is 267 g/mol. The van der Waals surface area contributed by atoms with Crippen molar-refractivity contribution < 1.29 is 23.9 Å². The van der Waals surface area contributed by atoms with Gasteiger partial charge in [0.25, 0.3) is 5.91 Å². The average Bonchev–Trinajstić information content (AvgIpc) is 2.34. The van der Waals surface area contributed by atoms with Crippen LogP contribution in [0.5, 0.6) is 0 Å². The van der Waals surface area contributed by atoms with Gasteiger partial charge in [-0.15, -0.1) is 0 Å². The van der Waals surface area contributed by atoms with Gasteiger partial charge in [-0.2, -0.15) is 0 Å². The summed E-state index contributed by atoms with van der Waals surface area (Å²) in [5.41, 5.74) is -0.566.